The maximum Gasteiger partial charge on any atom is 0.153 e. The lowest BCUT2D eigenvalue weighted by atomic mass is 10.0. The lowest BCUT2D eigenvalue weighted by Crippen LogP contribution is -1.96. The summed E-state index contributed by atoms with van der Waals surface area (Å²) in [5, 5.41) is 0. The molecule has 0 aromatic heterocycles. The van der Waals surface area contributed by atoms with Crippen LogP contribution in [0.15, 0.2) is 36.4 Å². The van der Waals surface area contributed by atoms with Gasteiger partial charge in [0.05, 0.1) is 25.3 Å². The van der Waals surface area contributed by atoms with Crippen LogP contribution in [0.25, 0.3) is 0 Å². The number of methoxy groups -OCH3 is 2. The highest BCUT2D eigenvalue weighted by Gasteiger charge is 2.05. The van der Waals surface area contributed by atoms with E-state index in [0.29, 0.717) is 22.6 Å². The Hall–Kier alpha value is -2.62. The van der Waals surface area contributed by atoms with Crippen LogP contribution in [0.4, 0.5) is 0 Å². The zero-order chi connectivity index (χ0) is 16.7. The molecule has 0 bridgehead atoms. The van der Waals surface area contributed by atoms with Crippen molar-refractivity contribution < 1.29 is 19.1 Å². The third-order valence-electron chi connectivity index (χ3n) is 3.77. The molecule has 0 N–H and O–H groups in total. The highest BCUT2D eigenvalue weighted by atomic mass is 16.5. The second-order valence-electron chi connectivity index (χ2n) is 5.24. The summed E-state index contributed by atoms with van der Waals surface area (Å²) >= 11 is 0. The SMILES string of the molecule is COc1ccc(CCCc2ccc(OC)c(C=O)c2)cc1C=O. The average molecular weight is 312 g/mol. The Balaban J connectivity index is 2.00. The van der Waals surface area contributed by atoms with E-state index in [4.69, 9.17) is 9.47 Å². The smallest absolute Gasteiger partial charge is 0.153 e. The van der Waals surface area contributed by atoms with Crippen LogP contribution >= 0.6 is 0 Å². The third kappa shape index (κ3) is 4.19. The predicted molar refractivity (Wildman–Crippen MR) is 88.8 cm³/mol. The van der Waals surface area contributed by atoms with Gasteiger partial charge >= 0.3 is 0 Å². The van der Waals surface area contributed by atoms with Gasteiger partial charge in [0, 0.05) is 0 Å². The molecule has 0 unspecified atom stereocenters. The lowest BCUT2D eigenvalue weighted by Gasteiger charge is -2.08. The number of aldehydes is 2. The molecule has 0 aliphatic heterocycles. The number of aryl methyl sites for hydroxylation is 2. The molecule has 0 fully saturated rings. The van der Waals surface area contributed by atoms with Gasteiger partial charge in [-0.15, -0.1) is 0 Å². The van der Waals surface area contributed by atoms with E-state index in [9.17, 15) is 9.59 Å². The van der Waals surface area contributed by atoms with E-state index in [-0.39, 0.29) is 0 Å². The van der Waals surface area contributed by atoms with Gasteiger partial charge in [-0.25, -0.2) is 0 Å². The Bertz CT molecular complexity index is 632. The van der Waals surface area contributed by atoms with Crippen LogP contribution in [0, 0.1) is 0 Å². The van der Waals surface area contributed by atoms with Crippen molar-refractivity contribution >= 4 is 12.6 Å². The molecule has 0 spiro atoms. The molecule has 4 nitrogen and oxygen atoms in total. The van der Waals surface area contributed by atoms with Gasteiger partial charge in [0.25, 0.3) is 0 Å². The van der Waals surface area contributed by atoms with E-state index in [1.807, 2.05) is 36.4 Å². The number of hydrogen-bond donors (Lipinski definition) is 0. The largest absolute Gasteiger partial charge is 0.496 e. The van der Waals surface area contributed by atoms with E-state index in [1.54, 1.807) is 14.2 Å². The number of carbonyl (C=O) groups is 2. The van der Waals surface area contributed by atoms with Crippen molar-refractivity contribution in [3.8, 4) is 11.5 Å². The number of rotatable bonds is 8. The zero-order valence-corrected chi connectivity index (χ0v) is 13.4. The van der Waals surface area contributed by atoms with Crippen LogP contribution in [-0.4, -0.2) is 26.8 Å². The number of carbonyl (C=O) groups excluding carboxylic acids is 2. The minimum absolute atomic E-state index is 0.567. The molecular weight excluding hydrogens is 292 g/mol. The van der Waals surface area contributed by atoms with Gasteiger partial charge < -0.3 is 9.47 Å². The second-order valence-corrected chi connectivity index (χ2v) is 5.24. The Labute approximate surface area is 136 Å². The first-order valence-electron chi connectivity index (χ1n) is 7.46. The maximum atomic E-state index is 11.0. The zero-order valence-electron chi connectivity index (χ0n) is 13.4. The van der Waals surface area contributed by atoms with Gasteiger partial charge in [0.1, 0.15) is 11.5 Å². The summed E-state index contributed by atoms with van der Waals surface area (Å²) in [4.78, 5) is 22.1. The third-order valence-corrected chi connectivity index (χ3v) is 3.77. The topological polar surface area (TPSA) is 52.6 Å². The van der Waals surface area contributed by atoms with Gasteiger partial charge in [0.2, 0.25) is 0 Å². The van der Waals surface area contributed by atoms with Crippen LogP contribution < -0.4 is 9.47 Å². The second kappa shape index (κ2) is 8.13. The Morgan fingerprint density at radius 2 is 1.22 bits per heavy atom. The monoisotopic (exact) mass is 312 g/mol. The summed E-state index contributed by atoms with van der Waals surface area (Å²) in [5.41, 5.74) is 3.32. The van der Waals surface area contributed by atoms with Gasteiger partial charge in [-0.3, -0.25) is 9.59 Å². The molecule has 2 aromatic rings. The fraction of sp³-hybridized carbons (Fsp3) is 0.263. The van der Waals surface area contributed by atoms with E-state index in [0.717, 1.165) is 43.0 Å². The normalized spacial score (nSPS) is 10.2. The quantitative estimate of drug-likeness (QED) is 0.700. The predicted octanol–water partition coefficient (Wildman–Crippen LogP) is 3.50. The molecule has 23 heavy (non-hydrogen) atoms. The molecular formula is C19H20O4. The number of hydrogen-bond acceptors (Lipinski definition) is 4. The van der Waals surface area contributed by atoms with Crippen molar-refractivity contribution in [2.24, 2.45) is 0 Å². The first-order valence-corrected chi connectivity index (χ1v) is 7.46. The highest BCUT2D eigenvalue weighted by Crippen LogP contribution is 2.21. The van der Waals surface area contributed by atoms with Crippen molar-refractivity contribution in [3.05, 3.63) is 58.7 Å². The molecule has 0 atom stereocenters. The Morgan fingerprint density at radius 1 is 0.783 bits per heavy atom. The van der Waals surface area contributed by atoms with Crippen LogP contribution in [0.3, 0.4) is 0 Å². The first-order chi connectivity index (χ1) is 11.2. The molecule has 120 valence electrons. The Kier molecular flexibility index (Phi) is 5.92. The van der Waals surface area contributed by atoms with Crippen molar-refractivity contribution in [3.63, 3.8) is 0 Å². The summed E-state index contributed by atoms with van der Waals surface area (Å²) in [6.07, 6.45) is 4.25. The molecule has 0 heterocycles. The maximum absolute atomic E-state index is 11.0. The average Bonchev–Trinajstić information content (AvgIpc) is 2.61. The summed E-state index contributed by atoms with van der Waals surface area (Å²) < 4.78 is 10.3. The molecule has 4 heteroatoms. The molecule has 2 rings (SSSR count). The van der Waals surface area contributed by atoms with Gasteiger partial charge in [-0.05, 0) is 54.7 Å². The van der Waals surface area contributed by atoms with Crippen molar-refractivity contribution in [1.29, 1.82) is 0 Å². The van der Waals surface area contributed by atoms with E-state index in [1.165, 1.54) is 0 Å². The summed E-state index contributed by atoms with van der Waals surface area (Å²) in [7, 11) is 3.10. The van der Waals surface area contributed by atoms with Crippen LogP contribution in [0.5, 0.6) is 11.5 Å². The summed E-state index contributed by atoms with van der Waals surface area (Å²) in [6.45, 7) is 0. The minimum Gasteiger partial charge on any atom is -0.496 e. The van der Waals surface area contributed by atoms with Gasteiger partial charge in [0.15, 0.2) is 12.6 Å². The van der Waals surface area contributed by atoms with E-state index < -0.39 is 0 Å². The fourth-order valence-corrected chi connectivity index (χ4v) is 2.56. The standard InChI is InChI=1S/C19H20O4/c1-22-18-8-6-14(10-16(18)12-20)4-3-5-15-7-9-19(23-2)17(11-15)13-21/h6-13H,3-5H2,1-2H3. The molecule has 0 aliphatic carbocycles. The van der Waals surface area contributed by atoms with Crippen LogP contribution in [0.1, 0.15) is 38.3 Å². The lowest BCUT2D eigenvalue weighted by molar-refractivity contribution is 0.111. The molecule has 0 amide bonds. The molecule has 0 saturated carbocycles. The number of benzene rings is 2. The minimum atomic E-state index is 0.567. The number of ether oxygens (including phenoxy) is 2. The fourth-order valence-electron chi connectivity index (χ4n) is 2.56. The molecule has 2 aromatic carbocycles. The van der Waals surface area contributed by atoms with E-state index >= 15 is 0 Å². The first kappa shape index (κ1) is 16.7. The highest BCUT2D eigenvalue weighted by molar-refractivity contribution is 5.80. The molecule has 0 saturated heterocycles. The summed E-state index contributed by atoms with van der Waals surface area (Å²) in [6, 6.07) is 11.3. The van der Waals surface area contributed by atoms with Crippen molar-refractivity contribution in [2.45, 2.75) is 19.3 Å². The van der Waals surface area contributed by atoms with Gasteiger partial charge in [-0.1, -0.05) is 12.1 Å². The Morgan fingerprint density at radius 3 is 1.57 bits per heavy atom. The van der Waals surface area contributed by atoms with E-state index in [2.05, 4.69) is 0 Å². The van der Waals surface area contributed by atoms with Crippen LogP contribution in [-0.2, 0) is 12.8 Å². The summed E-state index contributed by atoms with van der Waals surface area (Å²) in [5.74, 6) is 1.18. The van der Waals surface area contributed by atoms with Gasteiger partial charge in [-0.2, -0.15) is 0 Å². The molecule has 0 radical (unpaired) electrons. The van der Waals surface area contributed by atoms with Crippen molar-refractivity contribution in [1.82, 2.24) is 0 Å². The van der Waals surface area contributed by atoms with Crippen molar-refractivity contribution in [2.75, 3.05) is 14.2 Å². The molecule has 0 aliphatic rings. The van der Waals surface area contributed by atoms with Crippen LogP contribution in [0.2, 0.25) is 0 Å².